The minimum Gasteiger partial charge on any atom is -0.391 e. The number of aliphatic hydroxyl groups is 1. The van der Waals surface area contributed by atoms with E-state index < -0.39 is 6.10 Å². The van der Waals surface area contributed by atoms with Crippen molar-refractivity contribution in [2.75, 3.05) is 5.88 Å². The molecular formula is C6H10ClNO. The Kier molecular flexibility index (Phi) is 4.47. The maximum atomic E-state index is 8.96. The molecule has 0 aliphatic rings. The average molecular weight is 148 g/mol. The van der Waals surface area contributed by atoms with Crippen molar-refractivity contribution in [3.8, 4) is 6.07 Å². The van der Waals surface area contributed by atoms with E-state index in [0.29, 0.717) is 6.42 Å². The van der Waals surface area contributed by atoms with Gasteiger partial charge in [0.1, 0.15) is 0 Å². The van der Waals surface area contributed by atoms with Gasteiger partial charge in [0.25, 0.3) is 0 Å². The fourth-order valence-corrected chi connectivity index (χ4v) is 0.772. The van der Waals surface area contributed by atoms with Crippen molar-refractivity contribution in [3.63, 3.8) is 0 Å². The molecule has 0 fully saturated rings. The molecule has 0 aromatic heterocycles. The maximum absolute atomic E-state index is 8.96. The van der Waals surface area contributed by atoms with E-state index >= 15 is 0 Å². The second-order valence-corrected chi connectivity index (χ2v) is 2.17. The van der Waals surface area contributed by atoms with Crippen LogP contribution in [0.25, 0.3) is 0 Å². The summed E-state index contributed by atoms with van der Waals surface area (Å²) in [4.78, 5) is 0. The van der Waals surface area contributed by atoms with Crippen molar-refractivity contribution >= 4 is 11.6 Å². The molecule has 0 bridgehead atoms. The highest BCUT2D eigenvalue weighted by Gasteiger charge is 2.14. The fourth-order valence-electron chi connectivity index (χ4n) is 0.557. The maximum Gasteiger partial charge on any atom is 0.0833 e. The van der Waals surface area contributed by atoms with Crippen molar-refractivity contribution in [3.05, 3.63) is 0 Å². The molecule has 0 aromatic carbocycles. The molecule has 0 saturated carbocycles. The number of halogens is 1. The Morgan fingerprint density at radius 1 is 1.78 bits per heavy atom. The number of hydrogen-bond donors (Lipinski definition) is 1. The third-order valence-electron chi connectivity index (χ3n) is 1.23. The lowest BCUT2D eigenvalue weighted by Gasteiger charge is -2.09. The summed E-state index contributed by atoms with van der Waals surface area (Å²) in [7, 11) is 0. The van der Waals surface area contributed by atoms with Crippen LogP contribution < -0.4 is 0 Å². The number of hydrogen-bond acceptors (Lipinski definition) is 2. The summed E-state index contributed by atoms with van der Waals surface area (Å²) in [6.07, 6.45) is -0.00799. The SMILES string of the molecule is CCC(C#N)[C@H](O)CCl. The second-order valence-electron chi connectivity index (χ2n) is 1.87. The van der Waals surface area contributed by atoms with Crippen LogP contribution in [0.2, 0.25) is 0 Å². The largest absolute Gasteiger partial charge is 0.391 e. The zero-order valence-electron chi connectivity index (χ0n) is 5.34. The van der Waals surface area contributed by atoms with Crippen LogP contribution in [0, 0.1) is 17.2 Å². The summed E-state index contributed by atoms with van der Waals surface area (Å²) in [5.41, 5.74) is 0. The summed E-state index contributed by atoms with van der Waals surface area (Å²) in [6.45, 7) is 1.85. The number of alkyl halides is 1. The Morgan fingerprint density at radius 2 is 2.33 bits per heavy atom. The van der Waals surface area contributed by atoms with E-state index in [1.165, 1.54) is 0 Å². The Balaban J connectivity index is 3.68. The summed E-state index contributed by atoms with van der Waals surface area (Å²) >= 11 is 5.30. The monoisotopic (exact) mass is 147 g/mol. The first kappa shape index (κ1) is 8.74. The van der Waals surface area contributed by atoms with Gasteiger partial charge < -0.3 is 5.11 Å². The molecule has 1 unspecified atom stereocenters. The lowest BCUT2D eigenvalue weighted by Crippen LogP contribution is -2.19. The normalized spacial score (nSPS) is 16.2. The van der Waals surface area contributed by atoms with Gasteiger partial charge in [0.2, 0.25) is 0 Å². The molecule has 0 aromatic rings. The van der Waals surface area contributed by atoms with Gasteiger partial charge in [0.05, 0.1) is 18.1 Å². The van der Waals surface area contributed by atoms with Crippen LogP contribution in [0.5, 0.6) is 0 Å². The summed E-state index contributed by atoms with van der Waals surface area (Å²) in [6, 6.07) is 1.97. The first-order chi connectivity index (χ1) is 4.26. The van der Waals surface area contributed by atoms with E-state index in [1.54, 1.807) is 0 Å². The molecule has 2 atom stereocenters. The van der Waals surface area contributed by atoms with Gasteiger partial charge in [-0.15, -0.1) is 11.6 Å². The lowest BCUT2D eigenvalue weighted by molar-refractivity contribution is 0.153. The smallest absolute Gasteiger partial charge is 0.0833 e. The Morgan fingerprint density at radius 3 is 2.44 bits per heavy atom. The number of nitriles is 1. The van der Waals surface area contributed by atoms with Gasteiger partial charge in [-0.05, 0) is 6.42 Å². The van der Waals surface area contributed by atoms with Gasteiger partial charge in [-0.2, -0.15) is 5.26 Å². The van der Waals surface area contributed by atoms with E-state index in [1.807, 2.05) is 13.0 Å². The zero-order valence-corrected chi connectivity index (χ0v) is 6.10. The average Bonchev–Trinajstić information content (AvgIpc) is 1.90. The molecule has 0 aliphatic carbocycles. The van der Waals surface area contributed by atoms with Gasteiger partial charge in [-0.25, -0.2) is 0 Å². The summed E-state index contributed by atoms with van der Waals surface area (Å²) < 4.78 is 0. The first-order valence-corrected chi connectivity index (χ1v) is 3.43. The Labute approximate surface area is 60.1 Å². The molecule has 0 saturated heterocycles. The van der Waals surface area contributed by atoms with Gasteiger partial charge in [0.15, 0.2) is 0 Å². The van der Waals surface area contributed by atoms with E-state index in [9.17, 15) is 0 Å². The van der Waals surface area contributed by atoms with Gasteiger partial charge >= 0.3 is 0 Å². The molecule has 1 N–H and O–H groups in total. The highest BCUT2D eigenvalue weighted by molar-refractivity contribution is 6.18. The zero-order chi connectivity index (χ0) is 7.28. The van der Waals surface area contributed by atoms with Crippen molar-refractivity contribution in [1.29, 1.82) is 5.26 Å². The predicted molar refractivity (Wildman–Crippen MR) is 36.1 cm³/mol. The minimum absolute atomic E-state index is 0.145. The van der Waals surface area contributed by atoms with Crippen LogP contribution in [0.1, 0.15) is 13.3 Å². The van der Waals surface area contributed by atoms with Crippen LogP contribution in [-0.2, 0) is 0 Å². The number of aliphatic hydroxyl groups excluding tert-OH is 1. The van der Waals surface area contributed by atoms with Gasteiger partial charge in [0, 0.05) is 5.88 Å². The van der Waals surface area contributed by atoms with Crippen molar-refractivity contribution in [2.24, 2.45) is 5.92 Å². The van der Waals surface area contributed by atoms with Gasteiger partial charge in [-0.3, -0.25) is 0 Å². The molecule has 3 heteroatoms. The van der Waals surface area contributed by atoms with Crippen LogP contribution in [0.15, 0.2) is 0 Å². The molecule has 0 spiro atoms. The van der Waals surface area contributed by atoms with Crippen molar-refractivity contribution < 1.29 is 5.11 Å². The third-order valence-corrected chi connectivity index (χ3v) is 1.54. The minimum atomic E-state index is -0.665. The number of rotatable bonds is 3. The van der Waals surface area contributed by atoms with E-state index in [0.717, 1.165) is 0 Å². The molecule has 0 radical (unpaired) electrons. The molecule has 9 heavy (non-hydrogen) atoms. The fraction of sp³-hybridized carbons (Fsp3) is 0.833. The highest BCUT2D eigenvalue weighted by atomic mass is 35.5. The molecule has 52 valence electrons. The van der Waals surface area contributed by atoms with Crippen LogP contribution in [-0.4, -0.2) is 17.1 Å². The van der Waals surface area contributed by atoms with Gasteiger partial charge in [-0.1, -0.05) is 6.92 Å². The van der Waals surface area contributed by atoms with Crippen LogP contribution >= 0.6 is 11.6 Å². The Bertz CT molecular complexity index is 110. The predicted octanol–water partition coefficient (Wildman–Crippen LogP) is 1.14. The van der Waals surface area contributed by atoms with Crippen LogP contribution in [0.4, 0.5) is 0 Å². The molecular weight excluding hydrogens is 138 g/mol. The third kappa shape index (κ3) is 2.69. The molecule has 0 rings (SSSR count). The first-order valence-electron chi connectivity index (χ1n) is 2.89. The van der Waals surface area contributed by atoms with E-state index in [-0.39, 0.29) is 11.8 Å². The standard InChI is InChI=1S/C6H10ClNO/c1-2-5(4-8)6(9)3-7/h5-6,9H,2-3H2,1H3/t5?,6-/m1/s1. The van der Waals surface area contributed by atoms with Crippen molar-refractivity contribution in [1.82, 2.24) is 0 Å². The molecule has 0 heterocycles. The second kappa shape index (κ2) is 4.60. The van der Waals surface area contributed by atoms with Crippen LogP contribution in [0.3, 0.4) is 0 Å². The lowest BCUT2D eigenvalue weighted by atomic mass is 10.0. The topological polar surface area (TPSA) is 44.0 Å². The molecule has 2 nitrogen and oxygen atoms in total. The molecule has 0 aliphatic heterocycles. The van der Waals surface area contributed by atoms with E-state index in [4.69, 9.17) is 22.0 Å². The quantitative estimate of drug-likeness (QED) is 0.609. The Hall–Kier alpha value is -0.260. The summed E-state index contributed by atoms with van der Waals surface area (Å²) in [5, 5.41) is 17.3. The van der Waals surface area contributed by atoms with Crippen molar-refractivity contribution in [2.45, 2.75) is 19.4 Å². The number of nitrogens with zero attached hydrogens (tertiary/aromatic N) is 1. The van der Waals surface area contributed by atoms with E-state index in [2.05, 4.69) is 0 Å². The highest BCUT2D eigenvalue weighted by Crippen LogP contribution is 2.07. The summed E-state index contributed by atoms with van der Waals surface area (Å²) in [5.74, 6) is -0.158. The molecule has 0 amide bonds.